The number of benzene rings is 3. The molecule has 0 unspecified atom stereocenters. The molecule has 1 fully saturated rings. The Balaban J connectivity index is 1.51. The summed E-state index contributed by atoms with van der Waals surface area (Å²) in [5.74, 6) is -1.21. The van der Waals surface area contributed by atoms with E-state index in [0.29, 0.717) is 40.9 Å². The van der Waals surface area contributed by atoms with Crippen molar-refractivity contribution in [2.45, 2.75) is 33.5 Å². The summed E-state index contributed by atoms with van der Waals surface area (Å²) in [4.78, 5) is 25.8. The first-order chi connectivity index (χ1) is 18.1. The van der Waals surface area contributed by atoms with Crippen LogP contribution < -0.4 is 10.9 Å². The van der Waals surface area contributed by atoms with Gasteiger partial charge in [0.05, 0.1) is 24.3 Å². The van der Waals surface area contributed by atoms with Crippen molar-refractivity contribution >= 4 is 34.0 Å². The van der Waals surface area contributed by atoms with Gasteiger partial charge in [-0.15, -0.1) is 0 Å². The molecule has 4 aromatic rings. The molecule has 1 amide bonds. The average Bonchev–Trinajstić information content (AvgIpc) is 2.92. The zero-order valence-corrected chi connectivity index (χ0v) is 21.9. The zero-order chi connectivity index (χ0) is 26.9. The number of nitrogens with one attached hydrogen (secondary N) is 1. The lowest BCUT2D eigenvalue weighted by molar-refractivity contribution is -0.298. The molecule has 5 rings (SSSR count). The normalized spacial score (nSPS) is 16.8. The number of amides is 1. The second-order valence-corrected chi connectivity index (χ2v) is 10.5. The molecule has 194 valence electrons. The van der Waals surface area contributed by atoms with E-state index < -0.39 is 11.4 Å². The molecule has 1 saturated heterocycles. The second-order valence-electron chi connectivity index (χ2n) is 10.5. The molecule has 38 heavy (non-hydrogen) atoms. The minimum Gasteiger partial charge on any atom is -0.345 e. The molecule has 0 atom stereocenters. The van der Waals surface area contributed by atoms with Crippen LogP contribution in [0.4, 0.5) is 5.69 Å². The molecule has 1 N–H and O–H groups in total. The minimum absolute atomic E-state index is 0.0654. The van der Waals surface area contributed by atoms with Gasteiger partial charge in [0.2, 0.25) is 0 Å². The molecule has 0 radical (unpaired) electrons. The molecule has 0 bridgehead atoms. The molecule has 2 heterocycles. The topological polar surface area (TPSA) is 90.7 Å². The van der Waals surface area contributed by atoms with E-state index in [2.05, 4.69) is 24.3 Å². The highest BCUT2D eigenvalue weighted by Crippen LogP contribution is 2.37. The Labute approximate surface area is 221 Å². The molecular formula is C31H30N2O5. The van der Waals surface area contributed by atoms with Crippen molar-refractivity contribution in [1.82, 2.24) is 5.16 Å². The third-order valence-electron chi connectivity index (χ3n) is 6.68. The summed E-state index contributed by atoms with van der Waals surface area (Å²) in [7, 11) is 0. The van der Waals surface area contributed by atoms with Crippen LogP contribution in [0.25, 0.3) is 22.4 Å². The van der Waals surface area contributed by atoms with Crippen molar-refractivity contribution in [2.24, 2.45) is 5.41 Å². The van der Waals surface area contributed by atoms with Crippen molar-refractivity contribution < 1.29 is 18.8 Å². The molecule has 0 saturated carbocycles. The highest BCUT2D eigenvalue weighted by Gasteiger charge is 2.38. The number of hydrogen-bond donors (Lipinski definition) is 1. The number of aryl methyl sites for hydroxylation is 1. The van der Waals surface area contributed by atoms with Crippen molar-refractivity contribution in [3.05, 3.63) is 106 Å². The van der Waals surface area contributed by atoms with Crippen LogP contribution in [0.2, 0.25) is 0 Å². The number of aromatic nitrogens is 1. The van der Waals surface area contributed by atoms with Gasteiger partial charge in [-0.05, 0) is 55.3 Å². The summed E-state index contributed by atoms with van der Waals surface area (Å²) in [6, 6.07) is 22.4. The third kappa shape index (κ3) is 5.30. The van der Waals surface area contributed by atoms with Gasteiger partial charge in [0.25, 0.3) is 5.91 Å². The van der Waals surface area contributed by atoms with Gasteiger partial charge in [0.1, 0.15) is 0 Å². The number of carbonyl (C=O) groups excluding carboxylic acids is 1. The highest BCUT2D eigenvalue weighted by molar-refractivity contribution is 6.29. The van der Waals surface area contributed by atoms with Crippen molar-refractivity contribution in [3.8, 4) is 0 Å². The molecular weight excluding hydrogens is 480 g/mol. The second kappa shape index (κ2) is 10.0. The van der Waals surface area contributed by atoms with Gasteiger partial charge < -0.3 is 19.3 Å². The minimum atomic E-state index is -0.913. The standard InChI is InChI=1S/C31H30N2O5/c1-20-26-17-24(13-14-25(26)29(35)38-33-20)32-28(34)27(15-21-9-6-5-7-10-21)22-11-8-12-23(16-22)31(4)36-18-30(2,3)19-37-31/h5-17H,18-19H2,1-4H3,(H,32,34)/b27-15-. The molecule has 3 aromatic carbocycles. The lowest BCUT2D eigenvalue weighted by Crippen LogP contribution is -2.43. The molecule has 7 heteroatoms. The smallest absolute Gasteiger partial charge is 0.345 e. The molecule has 0 aliphatic carbocycles. The van der Waals surface area contributed by atoms with E-state index in [0.717, 1.165) is 16.7 Å². The number of hydrogen-bond acceptors (Lipinski definition) is 6. The fraction of sp³-hybridized carbons (Fsp3) is 0.258. The van der Waals surface area contributed by atoms with Crippen LogP contribution in [-0.2, 0) is 20.1 Å². The van der Waals surface area contributed by atoms with Gasteiger partial charge in [0, 0.05) is 27.6 Å². The van der Waals surface area contributed by atoms with Gasteiger partial charge in [-0.3, -0.25) is 4.79 Å². The van der Waals surface area contributed by atoms with Gasteiger partial charge in [0.15, 0.2) is 5.79 Å². The third-order valence-corrected chi connectivity index (χ3v) is 6.68. The number of nitrogens with zero attached hydrogens (tertiary/aromatic N) is 1. The first kappa shape index (κ1) is 25.6. The summed E-state index contributed by atoms with van der Waals surface area (Å²) >= 11 is 0. The van der Waals surface area contributed by atoms with Crippen LogP contribution in [0.1, 0.15) is 43.2 Å². The maximum Gasteiger partial charge on any atom is 0.366 e. The first-order valence-corrected chi connectivity index (χ1v) is 12.5. The first-order valence-electron chi connectivity index (χ1n) is 12.5. The number of carbonyl (C=O) groups is 1. The lowest BCUT2D eigenvalue weighted by Gasteiger charge is -2.41. The van der Waals surface area contributed by atoms with Gasteiger partial charge in [-0.2, -0.15) is 0 Å². The maximum absolute atomic E-state index is 13.7. The van der Waals surface area contributed by atoms with Crippen molar-refractivity contribution in [3.63, 3.8) is 0 Å². The Morgan fingerprint density at radius 2 is 1.66 bits per heavy atom. The number of anilines is 1. The van der Waals surface area contributed by atoms with E-state index in [1.807, 2.05) is 67.6 Å². The molecule has 1 aromatic heterocycles. The Morgan fingerprint density at radius 1 is 0.921 bits per heavy atom. The van der Waals surface area contributed by atoms with Crippen LogP contribution in [0.3, 0.4) is 0 Å². The van der Waals surface area contributed by atoms with Gasteiger partial charge >= 0.3 is 5.63 Å². The molecule has 7 nitrogen and oxygen atoms in total. The number of fused-ring (bicyclic) bond motifs is 1. The fourth-order valence-electron chi connectivity index (χ4n) is 4.39. The Kier molecular flexibility index (Phi) is 6.73. The summed E-state index contributed by atoms with van der Waals surface area (Å²) in [6.07, 6.45) is 1.85. The number of rotatable bonds is 5. The monoisotopic (exact) mass is 510 g/mol. The van der Waals surface area contributed by atoms with Crippen LogP contribution in [-0.4, -0.2) is 24.3 Å². The Bertz CT molecular complexity index is 1580. The Hall–Kier alpha value is -4.07. The summed E-state index contributed by atoms with van der Waals surface area (Å²) in [5, 5.41) is 7.82. The average molecular weight is 511 g/mol. The molecule has 0 spiro atoms. The van der Waals surface area contributed by atoms with E-state index in [9.17, 15) is 9.59 Å². The van der Waals surface area contributed by atoms with Crippen LogP contribution in [0.15, 0.2) is 82.1 Å². The van der Waals surface area contributed by atoms with Crippen molar-refractivity contribution in [1.29, 1.82) is 0 Å². The zero-order valence-electron chi connectivity index (χ0n) is 21.9. The maximum atomic E-state index is 13.7. The quantitative estimate of drug-likeness (QED) is 0.265. The van der Waals surface area contributed by atoms with Gasteiger partial charge in [-0.25, -0.2) is 4.79 Å². The predicted octanol–water partition coefficient (Wildman–Crippen LogP) is 5.92. The largest absolute Gasteiger partial charge is 0.366 e. The lowest BCUT2D eigenvalue weighted by atomic mass is 9.92. The summed E-state index contributed by atoms with van der Waals surface area (Å²) in [5.41, 5.74) is 3.43. The van der Waals surface area contributed by atoms with E-state index in [1.165, 1.54) is 0 Å². The van der Waals surface area contributed by atoms with Crippen LogP contribution in [0, 0.1) is 12.3 Å². The van der Waals surface area contributed by atoms with E-state index in [4.69, 9.17) is 14.0 Å². The number of ether oxygens (including phenoxy) is 2. The molecule has 1 aliphatic heterocycles. The van der Waals surface area contributed by atoms with E-state index in [-0.39, 0.29) is 11.3 Å². The highest BCUT2D eigenvalue weighted by atomic mass is 16.7. The summed E-state index contributed by atoms with van der Waals surface area (Å²) in [6.45, 7) is 8.99. The summed E-state index contributed by atoms with van der Waals surface area (Å²) < 4.78 is 17.1. The van der Waals surface area contributed by atoms with Crippen LogP contribution in [0.5, 0.6) is 0 Å². The van der Waals surface area contributed by atoms with Gasteiger partial charge in [-0.1, -0.05) is 67.5 Å². The Morgan fingerprint density at radius 3 is 2.39 bits per heavy atom. The SMILES string of the molecule is Cc1noc(=O)c2ccc(NC(=O)/C(=C\c3ccccc3)c3cccc(C4(C)OCC(C)(C)CO4)c3)cc12. The van der Waals surface area contributed by atoms with E-state index >= 15 is 0 Å². The van der Waals surface area contributed by atoms with Crippen molar-refractivity contribution in [2.75, 3.05) is 18.5 Å². The predicted molar refractivity (Wildman–Crippen MR) is 147 cm³/mol. The van der Waals surface area contributed by atoms with Crippen LogP contribution >= 0.6 is 0 Å². The molecule has 1 aliphatic rings. The fourth-order valence-corrected chi connectivity index (χ4v) is 4.39. The van der Waals surface area contributed by atoms with E-state index in [1.54, 1.807) is 25.1 Å².